The highest BCUT2D eigenvalue weighted by molar-refractivity contribution is 6.03. The van der Waals surface area contributed by atoms with Gasteiger partial charge in [0.2, 0.25) is 0 Å². The average molecular weight is 535 g/mol. The zero-order valence-electron chi connectivity index (χ0n) is 22.6. The third-order valence-electron chi connectivity index (χ3n) is 7.39. The Morgan fingerprint density at radius 3 is 2.30 bits per heavy atom. The van der Waals surface area contributed by atoms with Crippen LogP contribution in [0.2, 0.25) is 0 Å². The van der Waals surface area contributed by atoms with Gasteiger partial charge in [-0.3, -0.25) is 4.79 Å². The summed E-state index contributed by atoms with van der Waals surface area (Å²) in [7, 11) is 1.48. The highest BCUT2D eigenvalue weighted by Crippen LogP contribution is 2.49. The third-order valence-corrected chi connectivity index (χ3v) is 7.39. The van der Waals surface area contributed by atoms with E-state index in [-0.39, 0.29) is 23.7 Å². The maximum absolute atomic E-state index is 13.5. The van der Waals surface area contributed by atoms with E-state index in [0.717, 1.165) is 23.1 Å². The fraction of sp³-hybridized carbons (Fsp3) is 0.229. The summed E-state index contributed by atoms with van der Waals surface area (Å²) in [4.78, 5) is 13.5. The fourth-order valence-corrected chi connectivity index (χ4v) is 5.32. The Labute approximate surface area is 235 Å². The summed E-state index contributed by atoms with van der Waals surface area (Å²) in [6.07, 6.45) is 4.62. The van der Waals surface area contributed by atoms with Crippen molar-refractivity contribution in [3.8, 4) is 17.2 Å². The molecule has 0 radical (unpaired) electrons. The summed E-state index contributed by atoms with van der Waals surface area (Å²) >= 11 is 0. The van der Waals surface area contributed by atoms with Gasteiger partial charge in [-0.05, 0) is 36.0 Å². The molecular weight excluding hydrogens is 500 g/mol. The van der Waals surface area contributed by atoms with E-state index < -0.39 is 18.1 Å². The van der Waals surface area contributed by atoms with Crippen LogP contribution in [0.25, 0.3) is 6.08 Å². The summed E-state index contributed by atoms with van der Waals surface area (Å²) in [5.41, 5.74) is 3.85. The van der Waals surface area contributed by atoms with Crippen molar-refractivity contribution in [2.24, 2.45) is 0 Å². The summed E-state index contributed by atoms with van der Waals surface area (Å²) < 4.78 is 12.0. The van der Waals surface area contributed by atoms with Crippen molar-refractivity contribution >= 4 is 11.9 Å². The topological polar surface area (TPSA) is 76.0 Å². The second-order valence-corrected chi connectivity index (χ2v) is 10.2. The monoisotopic (exact) mass is 534 g/mol. The predicted octanol–water partition coefficient (Wildman–Crippen LogP) is 7.29. The molecule has 204 valence electrons. The van der Waals surface area contributed by atoms with E-state index in [2.05, 4.69) is 0 Å². The fourth-order valence-electron chi connectivity index (χ4n) is 5.32. The number of fused-ring (bicyclic) bond motifs is 1. The number of hydrogen-bond acceptors (Lipinski definition) is 5. The van der Waals surface area contributed by atoms with Gasteiger partial charge < -0.3 is 19.7 Å². The number of carbonyl (C=O) groups is 1. The first kappa shape index (κ1) is 27.2. The minimum atomic E-state index is -0.646. The Balaban J connectivity index is 1.53. The van der Waals surface area contributed by atoms with Crippen LogP contribution in [0.4, 0.5) is 0 Å². The molecule has 0 amide bonds. The minimum Gasteiger partial charge on any atom is -0.507 e. The molecule has 5 nitrogen and oxygen atoms in total. The quantitative estimate of drug-likeness (QED) is 0.223. The van der Waals surface area contributed by atoms with Crippen LogP contribution >= 0.6 is 0 Å². The molecule has 0 bridgehead atoms. The SMILES string of the molecule is COc1cc(O)c([C@@H](/C=C/c2ccccc2)C[C@@H](O)CCc2ccccc2)c2c1C(=O)C[C@@H](c1ccccc1)O2. The van der Waals surface area contributed by atoms with Crippen LogP contribution in [-0.2, 0) is 6.42 Å². The van der Waals surface area contributed by atoms with Gasteiger partial charge in [-0.15, -0.1) is 0 Å². The van der Waals surface area contributed by atoms with Crippen LogP contribution in [0, 0.1) is 0 Å². The van der Waals surface area contributed by atoms with Gasteiger partial charge in [0.25, 0.3) is 0 Å². The molecular formula is C35H34O5. The lowest BCUT2D eigenvalue weighted by atomic mass is 9.85. The van der Waals surface area contributed by atoms with E-state index in [4.69, 9.17) is 9.47 Å². The number of aliphatic hydroxyl groups is 1. The van der Waals surface area contributed by atoms with Crippen LogP contribution in [-0.4, -0.2) is 29.2 Å². The smallest absolute Gasteiger partial charge is 0.174 e. The number of Topliss-reactive ketones (excluding diaryl/α,β-unsaturated/α-hetero) is 1. The van der Waals surface area contributed by atoms with E-state index in [1.807, 2.05) is 103 Å². The molecule has 0 fully saturated rings. The van der Waals surface area contributed by atoms with Gasteiger partial charge in [0.15, 0.2) is 5.78 Å². The Morgan fingerprint density at radius 2 is 1.62 bits per heavy atom. The molecule has 3 atom stereocenters. The van der Waals surface area contributed by atoms with Gasteiger partial charge in [-0.2, -0.15) is 0 Å². The van der Waals surface area contributed by atoms with Crippen LogP contribution in [0.1, 0.15) is 63.9 Å². The second kappa shape index (κ2) is 12.7. The second-order valence-electron chi connectivity index (χ2n) is 10.2. The number of ether oxygens (including phenoxy) is 2. The van der Waals surface area contributed by atoms with Crippen LogP contribution < -0.4 is 9.47 Å². The van der Waals surface area contributed by atoms with Crippen molar-refractivity contribution in [1.82, 2.24) is 0 Å². The summed E-state index contributed by atoms with van der Waals surface area (Å²) in [5.74, 6) is 0.0368. The summed E-state index contributed by atoms with van der Waals surface area (Å²) in [6, 6.07) is 31.0. The molecule has 1 aliphatic heterocycles. The van der Waals surface area contributed by atoms with Gasteiger partial charge in [-0.25, -0.2) is 0 Å². The van der Waals surface area contributed by atoms with E-state index in [1.54, 1.807) is 0 Å². The highest BCUT2D eigenvalue weighted by Gasteiger charge is 2.36. The average Bonchev–Trinajstić information content (AvgIpc) is 2.99. The number of ketones is 1. The Hall–Kier alpha value is -4.35. The predicted molar refractivity (Wildman–Crippen MR) is 157 cm³/mol. The number of aliphatic hydroxyl groups excluding tert-OH is 1. The zero-order valence-corrected chi connectivity index (χ0v) is 22.6. The van der Waals surface area contributed by atoms with Crippen molar-refractivity contribution in [3.05, 3.63) is 131 Å². The Morgan fingerprint density at radius 1 is 0.975 bits per heavy atom. The highest BCUT2D eigenvalue weighted by atomic mass is 16.5. The van der Waals surface area contributed by atoms with E-state index in [1.165, 1.54) is 13.2 Å². The van der Waals surface area contributed by atoms with Crippen LogP contribution in [0.15, 0.2) is 103 Å². The molecule has 2 N–H and O–H groups in total. The molecule has 5 rings (SSSR count). The number of phenols is 1. The van der Waals surface area contributed by atoms with Gasteiger partial charge in [0.1, 0.15) is 28.9 Å². The van der Waals surface area contributed by atoms with E-state index in [9.17, 15) is 15.0 Å². The van der Waals surface area contributed by atoms with Gasteiger partial charge >= 0.3 is 0 Å². The van der Waals surface area contributed by atoms with Gasteiger partial charge in [-0.1, -0.05) is 103 Å². The lowest BCUT2D eigenvalue weighted by Gasteiger charge is -2.31. The number of aromatic hydroxyl groups is 1. The lowest BCUT2D eigenvalue weighted by molar-refractivity contribution is 0.0840. The Bertz CT molecular complexity index is 1450. The number of carbonyl (C=O) groups excluding carboxylic acids is 1. The largest absolute Gasteiger partial charge is 0.507 e. The van der Waals surface area contributed by atoms with E-state index in [0.29, 0.717) is 29.7 Å². The normalized spacial score (nSPS) is 16.2. The molecule has 0 spiro atoms. The summed E-state index contributed by atoms with van der Waals surface area (Å²) in [6.45, 7) is 0. The standard InChI is InChI=1S/C35H34O5/c1-39-32-23-29(37)33(35-34(32)30(38)22-31(40-35)26-15-9-4-10-16-26)27(19-17-24-11-5-2-6-12-24)21-28(36)20-18-25-13-7-3-8-14-25/h2-17,19,23,27-28,31,36-37H,18,20-22H2,1H3/b19-17+/t27-,28-,31-/m0/s1. The molecule has 4 aromatic rings. The van der Waals surface area contributed by atoms with Crippen molar-refractivity contribution in [2.45, 2.75) is 43.8 Å². The molecule has 0 unspecified atom stereocenters. The summed E-state index contributed by atoms with van der Waals surface area (Å²) in [5, 5.41) is 22.5. The number of methoxy groups -OCH3 is 1. The minimum absolute atomic E-state index is 0.0323. The molecule has 1 heterocycles. The van der Waals surface area contributed by atoms with Crippen molar-refractivity contribution in [3.63, 3.8) is 0 Å². The maximum atomic E-state index is 13.5. The lowest BCUT2D eigenvalue weighted by Crippen LogP contribution is -2.23. The number of aryl methyl sites for hydroxylation is 1. The number of allylic oxidation sites excluding steroid dienone is 1. The van der Waals surface area contributed by atoms with Crippen LogP contribution in [0.5, 0.6) is 17.2 Å². The van der Waals surface area contributed by atoms with Crippen molar-refractivity contribution < 1.29 is 24.5 Å². The first-order valence-electron chi connectivity index (χ1n) is 13.7. The Kier molecular flexibility index (Phi) is 8.62. The van der Waals surface area contributed by atoms with Crippen LogP contribution in [0.3, 0.4) is 0 Å². The van der Waals surface area contributed by atoms with Crippen molar-refractivity contribution in [1.29, 1.82) is 0 Å². The number of hydrogen-bond donors (Lipinski definition) is 2. The number of phenolic OH excluding ortho intramolecular Hbond substituents is 1. The molecule has 0 aromatic heterocycles. The number of benzene rings is 4. The molecule has 4 aromatic carbocycles. The third kappa shape index (κ3) is 6.27. The first-order chi connectivity index (χ1) is 19.5. The first-order valence-corrected chi connectivity index (χ1v) is 13.7. The molecule has 0 saturated carbocycles. The zero-order chi connectivity index (χ0) is 27.9. The molecule has 40 heavy (non-hydrogen) atoms. The van der Waals surface area contributed by atoms with Gasteiger partial charge in [0, 0.05) is 17.5 Å². The molecule has 0 aliphatic carbocycles. The van der Waals surface area contributed by atoms with Gasteiger partial charge in [0.05, 0.1) is 19.6 Å². The maximum Gasteiger partial charge on any atom is 0.174 e. The molecule has 1 aliphatic rings. The van der Waals surface area contributed by atoms with Crippen molar-refractivity contribution in [2.75, 3.05) is 7.11 Å². The van der Waals surface area contributed by atoms with E-state index >= 15 is 0 Å². The molecule has 0 saturated heterocycles. The number of rotatable bonds is 10. The molecule has 5 heteroatoms.